The number of aryl methyl sites for hydroxylation is 2. The summed E-state index contributed by atoms with van der Waals surface area (Å²) in [4.78, 5) is 14.4. The van der Waals surface area contributed by atoms with E-state index < -0.39 is 10.0 Å². The predicted octanol–water partition coefficient (Wildman–Crippen LogP) is 3.64. The molecule has 0 saturated heterocycles. The molecule has 2 aromatic carbocycles. The van der Waals surface area contributed by atoms with E-state index in [1.807, 2.05) is 0 Å². The van der Waals surface area contributed by atoms with Crippen LogP contribution >= 0.6 is 0 Å². The lowest BCUT2D eigenvalue weighted by atomic mass is 10.1. The fraction of sp³-hybridized carbons (Fsp3) is 0.536. The Bertz CT molecular complexity index is 1120. The molecule has 0 bridgehead atoms. The number of benzene rings is 2. The minimum atomic E-state index is -3.70. The fourth-order valence-corrected chi connectivity index (χ4v) is 6.25. The van der Waals surface area contributed by atoms with E-state index in [9.17, 15) is 13.2 Å². The molecule has 9 heteroatoms. The molecule has 1 aliphatic carbocycles. The Kier molecular flexibility index (Phi) is 10.5. The maximum atomic E-state index is 13.1. The molecule has 1 amide bonds. The first kappa shape index (κ1) is 29.1. The van der Waals surface area contributed by atoms with E-state index in [-0.39, 0.29) is 30.6 Å². The third-order valence-electron chi connectivity index (χ3n) is 6.93. The summed E-state index contributed by atoms with van der Waals surface area (Å²) < 4.78 is 38.2. The summed E-state index contributed by atoms with van der Waals surface area (Å²) in [6.07, 6.45) is 5.17. The van der Waals surface area contributed by atoms with Crippen LogP contribution in [0.15, 0.2) is 41.3 Å². The maximum Gasteiger partial charge on any atom is 0.248 e. The molecule has 0 aromatic heterocycles. The van der Waals surface area contributed by atoms with E-state index in [2.05, 4.69) is 29.6 Å². The number of hydrogen-bond donors (Lipinski definition) is 1. The third kappa shape index (κ3) is 8.01. The van der Waals surface area contributed by atoms with Crippen molar-refractivity contribution < 1.29 is 22.7 Å². The summed E-state index contributed by atoms with van der Waals surface area (Å²) in [5.41, 5.74) is 3.54. The van der Waals surface area contributed by atoms with Gasteiger partial charge in [-0.3, -0.25) is 4.79 Å². The van der Waals surface area contributed by atoms with Crippen LogP contribution in [0.4, 0.5) is 0 Å². The van der Waals surface area contributed by atoms with Gasteiger partial charge in [-0.15, -0.1) is 0 Å². The molecule has 0 aliphatic heterocycles. The van der Waals surface area contributed by atoms with E-state index in [1.54, 1.807) is 45.0 Å². The van der Waals surface area contributed by atoms with Crippen molar-refractivity contribution in [1.29, 1.82) is 0 Å². The van der Waals surface area contributed by atoms with Crippen molar-refractivity contribution in [2.75, 3.05) is 41.0 Å². The van der Waals surface area contributed by atoms with Crippen molar-refractivity contribution in [3.63, 3.8) is 0 Å². The zero-order valence-corrected chi connectivity index (χ0v) is 23.6. The van der Waals surface area contributed by atoms with Gasteiger partial charge >= 0.3 is 0 Å². The highest BCUT2D eigenvalue weighted by Gasteiger charge is 2.25. The van der Waals surface area contributed by atoms with Gasteiger partial charge in [0, 0.05) is 39.8 Å². The van der Waals surface area contributed by atoms with Gasteiger partial charge in [0.15, 0.2) is 0 Å². The van der Waals surface area contributed by atoms with Crippen molar-refractivity contribution in [2.24, 2.45) is 0 Å². The Morgan fingerprint density at radius 1 is 1.03 bits per heavy atom. The molecule has 0 radical (unpaired) electrons. The van der Waals surface area contributed by atoms with Crippen molar-refractivity contribution >= 4 is 15.9 Å². The summed E-state index contributed by atoms with van der Waals surface area (Å²) >= 11 is 0. The average molecular weight is 532 g/mol. The zero-order valence-electron chi connectivity index (χ0n) is 22.7. The molecule has 37 heavy (non-hydrogen) atoms. The molecular weight excluding hydrogens is 490 g/mol. The Labute approximate surface area is 222 Å². The summed E-state index contributed by atoms with van der Waals surface area (Å²) in [6.45, 7) is 5.02. The summed E-state index contributed by atoms with van der Waals surface area (Å²) in [6, 6.07) is 12.4. The highest BCUT2D eigenvalue weighted by Crippen LogP contribution is 2.27. The first-order valence-electron chi connectivity index (χ1n) is 12.9. The molecule has 3 rings (SSSR count). The first-order chi connectivity index (χ1) is 17.6. The van der Waals surface area contributed by atoms with Crippen molar-refractivity contribution in [2.45, 2.75) is 63.6 Å². The largest absolute Gasteiger partial charge is 0.497 e. The van der Waals surface area contributed by atoms with Gasteiger partial charge in [-0.2, -0.15) is 4.31 Å². The summed E-state index contributed by atoms with van der Waals surface area (Å²) in [5.74, 6) is 0.467. The number of rotatable bonds is 13. The average Bonchev–Trinajstić information content (AvgIpc) is 3.39. The number of sulfonamides is 1. The molecule has 0 spiro atoms. The van der Waals surface area contributed by atoms with Gasteiger partial charge in [0.1, 0.15) is 12.4 Å². The standard InChI is InChI=1S/C28H41N3O5S/c1-21-16-26(35-5)17-22(2)28(21)37(33,34)31(4)14-15-36-20-27(32)30(3)19-24-12-10-23(11-13-24)18-29-25-8-6-7-9-25/h10-13,16-17,25,29H,6-9,14-15,18-20H2,1-5H3. The Hall–Kier alpha value is -2.46. The Balaban J connectivity index is 1.42. The normalized spacial score (nSPS) is 14.3. The molecule has 0 unspecified atom stereocenters. The number of methoxy groups -OCH3 is 1. The second kappa shape index (κ2) is 13.4. The minimum Gasteiger partial charge on any atom is -0.497 e. The Morgan fingerprint density at radius 3 is 2.22 bits per heavy atom. The van der Waals surface area contributed by atoms with Crippen LogP contribution in [0.3, 0.4) is 0 Å². The van der Waals surface area contributed by atoms with Crippen molar-refractivity contribution in [3.05, 3.63) is 58.7 Å². The number of amides is 1. The highest BCUT2D eigenvalue weighted by molar-refractivity contribution is 7.89. The monoisotopic (exact) mass is 531 g/mol. The molecule has 1 fully saturated rings. The van der Waals surface area contributed by atoms with Crippen LogP contribution in [0.2, 0.25) is 0 Å². The highest BCUT2D eigenvalue weighted by atomic mass is 32.2. The number of carbonyl (C=O) groups is 1. The number of nitrogens with one attached hydrogen (secondary N) is 1. The van der Waals surface area contributed by atoms with Crippen LogP contribution in [0, 0.1) is 13.8 Å². The molecule has 8 nitrogen and oxygen atoms in total. The van der Waals surface area contributed by atoms with Crippen LogP contribution in [-0.2, 0) is 32.6 Å². The quantitative estimate of drug-likeness (QED) is 0.397. The first-order valence-corrected chi connectivity index (χ1v) is 14.3. The van der Waals surface area contributed by atoms with E-state index in [0.29, 0.717) is 29.5 Å². The molecule has 0 atom stereocenters. The lowest BCUT2D eigenvalue weighted by Gasteiger charge is -2.21. The van der Waals surface area contributed by atoms with Crippen LogP contribution < -0.4 is 10.1 Å². The van der Waals surface area contributed by atoms with E-state index in [1.165, 1.54) is 42.6 Å². The van der Waals surface area contributed by atoms with Gasteiger partial charge in [-0.05, 0) is 61.1 Å². The number of ether oxygens (including phenoxy) is 2. The SMILES string of the molecule is COc1cc(C)c(S(=O)(=O)N(C)CCOCC(=O)N(C)Cc2ccc(CNC3CCCC3)cc2)c(C)c1. The molecule has 0 heterocycles. The van der Waals surface area contributed by atoms with Gasteiger partial charge in [-0.25, -0.2) is 8.42 Å². The topological polar surface area (TPSA) is 88.2 Å². The third-order valence-corrected chi connectivity index (χ3v) is 9.10. The molecule has 2 aromatic rings. The lowest BCUT2D eigenvalue weighted by Crippen LogP contribution is -2.33. The Morgan fingerprint density at radius 2 is 1.62 bits per heavy atom. The number of carbonyl (C=O) groups excluding carboxylic acids is 1. The maximum absolute atomic E-state index is 13.1. The van der Waals surface area contributed by atoms with Crippen LogP contribution in [0.5, 0.6) is 5.75 Å². The molecule has 1 N–H and O–H groups in total. The van der Waals surface area contributed by atoms with Crippen molar-refractivity contribution in [1.82, 2.24) is 14.5 Å². The molecule has 1 aliphatic rings. The smallest absolute Gasteiger partial charge is 0.248 e. The number of likely N-dealkylation sites (N-methyl/N-ethyl adjacent to an activating group) is 2. The minimum absolute atomic E-state index is 0.103. The second-order valence-electron chi connectivity index (χ2n) is 9.90. The van der Waals surface area contributed by atoms with E-state index in [0.717, 1.165) is 12.1 Å². The second-order valence-corrected chi connectivity index (χ2v) is 11.9. The van der Waals surface area contributed by atoms with Crippen molar-refractivity contribution in [3.8, 4) is 5.75 Å². The van der Waals surface area contributed by atoms with Crippen LogP contribution in [-0.4, -0.2) is 70.5 Å². The number of hydrogen-bond acceptors (Lipinski definition) is 6. The lowest BCUT2D eigenvalue weighted by molar-refractivity contribution is -0.135. The van der Waals surface area contributed by atoms with E-state index in [4.69, 9.17) is 9.47 Å². The van der Waals surface area contributed by atoms with Gasteiger partial charge in [0.25, 0.3) is 0 Å². The van der Waals surface area contributed by atoms with Gasteiger partial charge in [0.05, 0.1) is 18.6 Å². The van der Waals surface area contributed by atoms with Crippen LogP contribution in [0.1, 0.15) is 47.9 Å². The molecule has 1 saturated carbocycles. The van der Waals surface area contributed by atoms with Crippen LogP contribution in [0.25, 0.3) is 0 Å². The fourth-order valence-electron chi connectivity index (χ4n) is 4.69. The van der Waals surface area contributed by atoms with Gasteiger partial charge < -0.3 is 19.7 Å². The van der Waals surface area contributed by atoms with Gasteiger partial charge in [-0.1, -0.05) is 37.1 Å². The summed E-state index contributed by atoms with van der Waals surface area (Å²) in [5, 5.41) is 3.61. The predicted molar refractivity (Wildman–Crippen MR) is 145 cm³/mol. The van der Waals surface area contributed by atoms with E-state index >= 15 is 0 Å². The van der Waals surface area contributed by atoms with Gasteiger partial charge in [0.2, 0.25) is 15.9 Å². The molecular formula is C28H41N3O5S. The zero-order chi connectivity index (χ0) is 27.0. The summed E-state index contributed by atoms with van der Waals surface area (Å²) in [7, 11) is 1.11. The molecule has 204 valence electrons. The number of nitrogens with zero attached hydrogens (tertiary/aromatic N) is 2.